The molecule has 0 unspecified atom stereocenters. The molecule has 0 atom stereocenters. The molecule has 8 heteroatoms. The van der Waals surface area contributed by atoms with Gasteiger partial charge < -0.3 is 10.5 Å². The summed E-state index contributed by atoms with van der Waals surface area (Å²) in [5.74, 6) is -2.42. The van der Waals surface area contributed by atoms with E-state index in [1.54, 1.807) is 0 Å². The third kappa shape index (κ3) is 2.73. The van der Waals surface area contributed by atoms with E-state index in [0.717, 1.165) is 24.3 Å². The molecule has 19 heavy (non-hydrogen) atoms. The lowest BCUT2D eigenvalue weighted by Crippen LogP contribution is -2.00. The molecular weight excluding hydrogens is 260 g/mol. The number of hydrogen-bond acceptors (Lipinski definition) is 5. The maximum Gasteiger partial charge on any atom is 0.311 e. The highest BCUT2D eigenvalue weighted by Gasteiger charge is 2.14. The monoisotopic (exact) mass is 267 g/mol. The van der Waals surface area contributed by atoms with E-state index in [0.29, 0.717) is 6.07 Å². The van der Waals surface area contributed by atoms with Crippen LogP contribution in [0.1, 0.15) is 0 Å². The number of halogens is 2. The normalized spacial score (nSPS) is 10.2. The topological polar surface area (TPSA) is 91.3 Å². The van der Waals surface area contributed by atoms with Crippen LogP contribution in [0, 0.1) is 21.7 Å². The summed E-state index contributed by atoms with van der Waals surface area (Å²) in [7, 11) is 0. The molecule has 2 rings (SSSR count). The maximum absolute atomic E-state index is 13.3. The first-order valence-electron chi connectivity index (χ1n) is 5.01. The van der Waals surface area contributed by atoms with Crippen LogP contribution in [0.15, 0.2) is 30.3 Å². The lowest BCUT2D eigenvalue weighted by atomic mass is 10.3. The van der Waals surface area contributed by atoms with Crippen LogP contribution in [0.2, 0.25) is 0 Å². The molecule has 98 valence electrons. The highest BCUT2D eigenvalue weighted by molar-refractivity contribution is 5.53. The Bertz CT molecular complexity index is 649. The number of ether oxygens (including phenoxy) is 1. The van der Waals surface area contributed by atoms with Gasteiger partial charge in [0, 0.05) is 18.2 Å². The molecule has 0 radical (unpaired) electrons. The van der Waals surface area contributed by atoms with E-state index >= 15 is 0 Å². The lowest BCUT2D eigenvalue weighted by Gasteiger charge is -2.06. The molecule has 0 bridgehead atoms. The zero-order valence-electron chi connectivity index (χ0n) is 9.34. The SMILES string of the molecule is Nc1nc(Oc2ccc(F)cc2F)ccc1[N+](=O)[O-]. The summed E-state index contributed by atoms with van der Waals surface area (Å²) in [4.78, 5) is 13.4. The Morgan fingerprint density at radius 3 is 2.58 bits per heavy atom. The first-order valence-corrected chi connectivity index (χ1v) is 5.01. The molecule has 6 nitrogen and oxygen atoms in total. The van der Waals surface area contributed by atoms with Crippen molar-refractivity contribution in [3.8, 4) is 11.6 Å². The highest BCUT2D eigenvalue weighted by atomic mass is 19.1. The van der Waals surface area contributed by atoms with Crippen LogP contribution in [0.4, 0.5) is 20.3 Å². The molecule has 0 aliphatic heterocycles. The summed E-state index contributed by atoms with van der Waals surface area (Å²) < 4.78 is 31.0. The van der Waals surface area contributed by atoms with Crippen LogP contribution >= 0.6 is 0 Å². The van der Waals surface area contributed by atoms with Crippen LogP contribution in [0.25, 0.3) is 0 Å². The van der Waals surface area contributed by atoms with Crippen molar-refractivity contribution in [2.24, 2.45) is 0 Å². The molecule has 2 N–H and O–H groups in total. The second-order valence-electron chi connectivity index (χ2n) is 3.49. The van der Waals surface area contributed by atoms with E-state index in [4.69, 9.17) is 10.5 Å². The zero-order chi connectivity index (χ0) is 14.0. The summed E-state index contributed by atoms with van der Waals surface area (Å²) in [5, 5.41) is 10.5. The quantitative estimate of drug-likeness (QED) is 0.681. The largest absolute Gasteiger partial charge is 0.436 e. The molecule has 2 aromatic rings. The van der Waals surface area contributed by atoms with Gasteiger partial charge in [-0.3, -0.25) is 10.1 Å². The van der Waals surface area contributed by atoms with Crippen molar-refractivity contribution in [3.05, 3.63) is 52.1 Å². The lowest BCUT2D eigenvalue weighted by molar-refractivity contribution is -0.384. The van der Waals surface area contributed by atoms with Gasteiger partial charge in [0.2, 0.25) is 11.7 Å². The number of pyridine rings is 1. The van der Waals surface area contributed by atoms with Crippen molar-refractivity contribution >= 4 is 11.5 Å². The van der Waals surface area contributed by atoms with Crippen molar-refractivity contribution in [2.45, 2.75) is 0 Å². The van der Waals surface area contributed by atoms with E-state index in [9.17, 15) is 18.9 Å². The predicted molar refractivity (Wildman–Crippen MR) is 61.7 cm³/mol. The Morgan fingerprint density at radius 1 is 1.26 bits per heavy atom. The number of rotatable bonds is 3. The average molecular weight is 267 g/mol. The molecule has 0 amide bonds. The van der Waals surface area contributed by atoms with E-state index in [1.165, 1.54) is 0 Å². The fourth-order valence-electron chi connectivity index (χ4n) is 1.33. The molecule has 1 aromatic heterocycles. The van der Waals surface area contributed by atoms with Gasteiger partial charge in [0.1, 0.15) is 5.82 Å². The Kier molecular flexibility index (Phi) is 3.23. The average Bonchev–Trinajstić information content (AvgIpc) is 2.32. The molecule has 0 fully saturated rings. The summed E-state index contributed by atoms with van der Waals surface area (Å²) in [6, 6.07) is 4.97. The minimum Gasteiger partial charge on any atom is -0.436 e. The van der Waals surface area contributed by atoms with Crippen molar-refractivity contribution in [2.75, 3.05) is 5.73 Å². The first-order chi connectivity index (χ1) is 8.97. The number of nitrogen functional groups attached to an aromatic ring is 1. The summed E-state index contributed by atoms with van der Waals surface area (Å²) in [6.07, 6.45) is 0. The van der Waals surface area contributed by atoms with E-state index < -0.39 is 16.6 Å². The molecule has 1 aromatic carbocycles. The Labute approximate surface area is 105 Å². The number of benzene rings is 1. The van der Waals surface area contributed by atoms with Gasteiger partial charge >= 0.3 is 5.69 Å². The number of nitrogens with zero attached hydrogens (tertiary/aromatic N) is 2. The highest BCUT2D eigenvalue weighted by Crippen LogP contribution is 2.27. The van der Waals surface area contributed by atoms with Gasteiger partial charge in [0.15, 0.2) is 11.6 Å². The zero-order valence-corrected chi connectivity index (χ0v) is 9.34. The molecular formula is C11H7F2N3O3. The third-order valence-electron chi connectivity index (χ3n) is 2.18. The van der Waals surface area contributed by atoms with Gasteiger partial charge in [-0.2, -0.15) is 4.98 Å². The van der Waals surface area contributed by atoms with E-state index in [1.807, 2.05) is 0 Å². The molecule has 0 aliphatic rings. The van der Waals surface area contributed by atoms with Crippen LogP contribution in [-0.4, -0.2) is 9.91 Å². The van der Waals surface area contributed by atoms with Crippen LogP contribution in [0.3, 0.4) is 0 Å². The fraction of sp³-hybridized carbons (Fsp3) is 0. The van der Waals surface area contributed by atoms with Crippen LogP contribution in [0.5, 0.6) is 11.6 Å². The Morgan fingerprint density at radius 2 is 2.00 bits per heavy atom. The van der Waals surface area contributed by atoms with Crippen molar-refractivity contribution in [1.82, 2.24) is 4.98 Å². The number of nitro groups is 1. The number of aromatic nitrogens is 1. The molecule has 0 spiro atoms. The summed E-state index contributed by atoms with van der Waals surface area (Å²) >= 11 is 0. The minimum atomic E-state index is -0.918. The van der Waals surface area contributed by atoms with Crippen LogP contribution < -0.4 is 10.5 Å². The van der Waals surface area contributed by atoms with Gasteiger partial charge in [0.05, 0.1) is 4.92 Å². The predicted octanol–water partition coefficient (Wildman–Crippen LogP) is 2.64. The first kappa shape index (κ1) is 12.7. The molecule has 0 saturated carbocycles. The summed E-state index contributed by atoms with van der Waals surface area (Å²) in [5.41, 5.74) is 4.97. The standard InChI is InChI=1S/C11H7F2N3O3/c12-6-1-3-9(7(13)5-6)19-10-4-2-8(16(17)18)11(14)15-10/h1-5H,(H2,14,15). The smallest absolute Gasteiger partial charge is 0.311 e. The van der Waals surface area contributed by atoms with Crippen molar-refractivity contribution < 1.29 is 18.4 Å². The van der Waals surface area contributed by atoms with Crippen molar-refractivity contribution in [3.63, 3.8) is 0 Å². The summed E-state index contributed by atoms with van der Waals surface area (Å²) in [6.45, 7) is 0. The van der Waals surface area contributed by atoms with Gasteiger partial charge in [-0.05, 0) is 12.1 Å². The van der Waals surface area contributed by atoms with Crippen molar-refractivity contribution in [1.29, 1.82) is 0 Å². The van der Waals surface area contributed by atoms with Gasteiger partial charge in [-0.15, -0.1) is 0 Å². The minimum absolute atomic E-state index is 0.131. The Balaban J connectivity index is 2.29. The Hall–Kier alpha value is -2.77. The molecule has 0 saturated heterocycles. The molecule has 1 heterocycles. The maximum atomic E-state index is 13.3. The van der Waals surface area contributed by atoms with E-state index in [2.05, 4.69) is 4.98 Å². The van der Waals surface area contributed by atoms with Gasteiger partial charge in [-0.25, -0.2) is 8.78 Å². The molecule has 0 aliphatic carbocycles. The number of anilines is 1. The number of hydrogen-bond donors (Lipinski definition) is 1. The van der Waals surface area contributed by atoms with E-state index in [-0.39, 0.29) is 23.1 Å². The van der Waals surface area contributed by atoms with Crippen LogP contribution in [-0.2, 0) is 0 Å². The van der Waals surface area contributed by atoms with Gasteiger partial charge in [-0.1, -0.05) is 0 Å². The number of nitrogens with two attached hydrogens (primary N) is 1. The third-order valence-corrected chi connectivity index (χ3v) is 2.18. The second kappa shape index (κ2) is 4.84. The van der Waals surface area contributed by atoms with Gasteiger partial charge in [0.25, 0.3) is 0 Å². The fourth-order valence-corrected chi connectivity index (χ4v) is 1.33. The second-order valence-corrected chi connectivity index (χ2v) is 3.49.